The number of esters is 1. The predicted molar refractivity (Wildman–Crippen MR) is 103 cm³/mol. The molecule has 0 radical (unpaired) electrons. The molecule has 6 heteroatoms. The Morgan fingerprint density at radius 2 is 1.85 bits per heavy atom. The number of ketones is 1. The van der Waals surface area contributed by atoms with Crippen LogP contribution in [0.25, 0.3) is 0 Å². The zero-order valence-electron chi connectivity index (χ0n) is 15.1. The maximum Gasteiger partial charge on any atom is 0.357 e. The van der Waals surface area contributed by atoms with E-state index in [9.17, 15) is 9.59 Å². The predicted octanol–water partition coefficient (Wildman–Crippen LogP) is 4.24. The molecule has 0 saturated heterocycles. The Morgan fingerprint density at radius 1 is 1.11 bits per heavy atom. The third-order valence-electron chi connectivity index (χ3n) is 4.32. The van der Waals surface area contributed by atoms with Gasteiger partial charge < -0.3 is 9.30 Å². The monoisotopic (exact) mass is 382 g/mol. The zero-order chi connectivity index (χ0) is 19.4. The zero-order valence-corrected chi connectivity index (χ0v) is 15.9. The summed E-state index contributed by atoms with van der Waals surface area (Å²) in [7, 11) is 0. The first-order valence-electron chi connectivity index (χ1n) is 8.48. The van der Waals surface area contributed by atoms with E-state index in [1.807, 2.05) is 50.2 Å². The summed E-state index contributed by atoms with van der Waals surface area (Å²) in [6.45, 7) is 4.18. The van der Waals surface area contributed by atoms with Crippen molar-refractivity contribution in [3.8, 4) is 0 Å². The molecular weight excluding hydrogens is 364 g/mol. The highest BCUT2D eigenvalue weighted by molar-refractivity contribution is 6.30. The molecule has 27 heavy (non-hydrogen) atoms. The number of hydrogen-bond donors (Lipinski definition) is 0. The first kappa shape index (κ1) is 18.9. The molecule has 0 spiro atoms. The Kier molecular flexibility index (Phi) is 5.72. The van der Waals surface area contributed by atoms with Gasteiger partial charge in [-0.25, -0.2) is 9.78 Å². The van der Waals surface area contributed by atoms with E-state index in [1.165, 1.54) is 12.3 Å². The molecule has 0 amide bonds. The van der Waals surface area contributed by atoms with Crippen molar-refractivity contribution >= 4 is 23.4 Å². The Bertz CT molecular complexity index is 980. The summed E-state index contributed by atoms with van der Waals surface area (Å²) in [5.74, 6) is -0.929. The van der Waals surface area contributed by atoms with Crippen molar-refractivity contribution in [3.05, 3.63) is 88.0 Å². The van der Waals surface area contributed by atoms with Crippen LogP contribution < -0.4 is 0 Å². The number of benzene rings is 1. The molecule has 138 valence electrons. The number of ether oxygens (including phenoxy) is 1. The van der Waals surface area contributed by atoms with Gasteiger partial charge in [0.05, 0.1) is 0 Å². The summed E-state index contributed by atoms with van der Waals surface area (Å²) >= 11 is 5.84. The molecule has 0 N–H and O–H groups in total. The third kappa shape index (κ3) is 4.44. The number of hydrogen-bond acceptors (Lipinski definition) is 4. The summed E-state index contributed by atoms with van der Waals surface area (Å²) in [5, 5.41) is 0.382. The number of carbonyl (C=O) groups excluding carboxylic acids is 2. The summed E-state index contributed by atoms with van der Waals surface area (Å²) in [6.07, 6.45) is 1.41. The normalized spacial score (nSPS) is 10.6. The number of rotatable bonds is 6. The van der Waals surface area contributed by atoms with Crippen LogP contribution in [0.5, 0.6) is 0 Å². The lowest BCUT2D eigenvalue weighted by Gasteiger charge is -2.10. The van der Waals surface area contributed by atoms with Gasteiger partial charge in [-0.2, -0.15) is 0 Å². The van der Waals surface area contributed by atoms with Crippen molar-refractivity contribution in [1.29, 1.82) is 0 Å². The van der Waals surface area contributed by atoms with Gasteiger partial charge in [-0.05, 0) is 37.6 Å². The Labute approximate surface area is 162 Å². The van der Waals surface area contributed by atoms with E-state index in [-0.39, 0.29) is 18.1 Å². The van der Waals surface area contributed by atoms with Gasteiger partial charge >= 0.3 is 5.97 Å². The molecule has 3 aromatic rings. The Hall–Kier alpha value is -2.92. The second kappa shape index (κ2) is 8.18. The molecular formula is C21H19ClN2O3. The largest absolute Gasteiger partial charge is 0.453 e. The molecule has 0 saturated carbocycles. The van der Waals surface area contributed by atoms with Crippen LogP contribution in [-0.2, 0) is 11.3 Å². The fraction of sp³-hybridized carbons (Fsp3) is 0.190. The van der Waals surface area contributed by atoms with Gasteiger partial charge in [-0.3, -0.25) is 4.79 Å². The fourth-order valence-corrected chi connectivity index (χ4v) is 3.05. The molecule has 0 atom stereocenters. The molecule has 0 unspecified atom stereocenters. The average molecular weight is 383 g/mol. The van der Waals surface area contributed by atoms with Crippen molar-refractivity contribution in [1.82, 2.24) is 9.55 Å². The van der Waals surface area contributed by atoms with Gasteiger partial charge in [-0.1, -0.05) is 41.9 Å². The highest BCUT2D eigenvalue weighted by Crippen LogP contribution is 2.18. The van der Waals surface area contributed by atoms with Gasteiger partial charge in [0.1, 0.15) is 5.69 Å². The first-order valence-corrected chi connectivity index (χ1v) is 8.86. The van der Waals surface area contributed by atoms with Crippen LogP contribution in [-0.4, -0.2) is 27.9 Å². The number of nitrogens with zero attached hydrogens (tertiary/aromatic N) is 2. The van der Waals surface area contributed by atoms with Gasteiger partial charge in [0.15, 0.2) is 6.61 Å². The fourth-order valence-electron chi connectivity index (χ4n) is 2.89. The van der Waals surface area contributed by atoms with Crippen LogP contribution in [0.3, 0.4) is 0 Å². The van der Waals surface area contributed by atoms with Crippen LogP contribution in [0.2, 0.25) is 5.02 Å². The van der Waals surface area contributed by atoms with Crippen molar-refractivity contribution in [3.63, 3.8) is 0 Å². The lowest BCUT2D eigenvalue weighted by molar-refractivity contribution is 0.0468. The van der Waals surface area contributed by atoms with Crippen LogP contribution in [0.15, 0.2) is 54.7 Å². The summed E-state index contributed by atoms with van der Waals surface area (Å²) in [4.78, 5) is 28.5. The number of Topliss-reactive ketones (excluding diaryl/α,β-unsaturated/α-hetero) is 1. The van der Waals surface area contributed by atoms with E-state index in [2.05, 4.69) is 9.55 Å². The van der Waals surface area contributed by atoms with Crippen LogP contribution in [0.4, 0.5) is 0 Å². The SMILES string of the molecule is Cc1cc(C(=O)COC(=O)c2cc(Cl)ccn2)c(C)n1Cc1ccccc1. The lowest BCUT2D eigenvalue weighted by atomic mass is 10.1. The Balaban J connectivity index is 1.70. The quantitative estimate of drug-likeness (QED) is 0.472. The van der Waals surface area contributed by atoms with Crippen molar-refractivity contribution in [2.24, 2.45) is 0 Å². The summed E-state index contributed by atoms with van der Waals surface area (Å²) in [6, 6.07) is 14.8. The number of halogens is 1. The van der Waals surface area contributed by atoms with E-state index in [4.69, 9.17) is 16.3 Å². The number of aromatic nitrogens is 2. The highest BCUT2D eigenvalue weighted by Gasteiger charge is 2.18. The maximum absolute atomic E-state index is 12.5. The third-order valence-corrected chi connectivity index (χ3v) is 4.56. The minimum absolute atomic E-state index is 0.0739. The van der Waals surface area contributed by atoms with E-state index in [1.54, 1.807) is 6.07 Å². The second-order valence-corrected chi connectivity index (χ2v) is 6.65. The number of pyridine rings is 1. The smallest absolute Gasteiger partial charge is 0.357 e. The standard InChI is InChI=1S/C21H19ClN2O3/c1-14-10-18(15(2)24(14)12-16-6-4-3-5-7-16)20(25)13-27-21(26)19-11-17(22)8-9-23-19/h3-11H,12-13H2,1-2H3. The minimum Gasteiger partial charge on any atom is -0.453 e. The molecule has 0 fully saturated rings. The minimum atomic E-state index is -0.677. The van der Waals surface area contributed by atoms with E-state index in [0.717, 1.165) is 17.0 Å². The van der Waals surface area contributed by atoms with Gasteiger partial charge in [-0.15, -0.1) is 0 Å². The van der Waals surface area contributed by atoms with Crippen LogP contribution in [0, 0.1) is 13.8 Å². The van der Waals surface area contributed by atoms with E-state index >= 15 is 0 Å². The second-order valence-electron chi connectivity index (χ2n) is 6.22. The molecule has 1 aromatic carbocycles. The molecule has 2 heterocycles. The summed E-state index contributed by atoms with van der Waals surface area (Å²) < 4.78 is 7.18. The van der Waals surface area contributed by atoms with Gasteiger partial charge in [0, 0.05) is 34.7 Å². The summed E-state index contributed by atoms with van der Waals surface area (Å²) in [5.41, 5.74) is 3.60. The molecule has 0 aliphatic heterocycles. The van der Waals surface area contributed by atoms with Gasteiger partial charge in [0.25, 0.3) is 0 Å². The van der Waals surface area contributed by atoms with Crippen molar-refractivity contribution in [2.45, 2.75) is 20.4 Å². The van der Waals surface area contributed by atoms with Gasteiger partial charge in [0.2, 0.25) is 5.78 Å². The maximum atomic E-state index is 12.5. The van der Waals surface area contributed by atoms with Crippen LogP contribution >= 0.6 is 11.6 Å². The molecule has 0 aliphatic carbocycles. The van der Waals surface area contributed by atoms with E-state index < -0.39 is 5.97 Å². The molecule has 5 nitrogen and oxygen atoms in total. The van der Waals surface area contributed by atoms with E-state index in [0.29, 0.717) is 17.1 Å². The van der Waals surface area contributed by atoms with Crippen LogP contribution in [0.1, 0.15) is 37.8 Å². The molecule has 3 rings (SSSR count). The first-order chi connectivity index (χ1) is 13.0. The lowest BCUT2D eigenvalue weighted by Crippen LogP contribution is -2.16. The van der Waals surface area contributed by atoms with Crippen molar-refractivity contribution in [2.75, 3.05) is 6.61 Å². The molecule has 0 bridgehead atoms. The molecule has 2 aromatic heterocycles. The number of aryl methyl sites for hydroxylation is 1. The number of carbonyl (C=O) groups is 2. The Morgan fingerprint density at radius 3 is 2.56 bits per heavy atom. The highest BCUT2D eigenvalue weighted by atomic mass is 35.5. The molecule has 0 aliphatic rings. The van der Waals surface area contributed by atoms with Crippen molar-refractivity contribution < 1.29 is 14.3 Å². The average Bonchev–Trinajstić information content (AvgIpc) is 2.95. The topological polar surface area (TPSA) is 61.2 Å².